The number of phenolic OH excluding ortho intramolecular Hbond substituents is 1. The highest BCUT2D eigenvalue weighted by atomic mass is 16.6. The highest BCUT2D eigenvalue weighted by Gasteiger charge is 2.60. The molecule has 8 bridgehead atoms. The molecule has 5 unspecified atom stereocenters. The van der Waals surface area contributed by atoms with Gasteiger partial charge in [-0.15, -0.1) is 0 Å². The molecule has 2 aromatic rings. The molecule has 8 aliphatic carbocycles. The summed E-state index contributed by atoms with van der Waals surface area (Å²) in [5, 5.41) is 19.7. The Balaban J connectivity index is -0.000000221. The molecule has 11 rings (SSSR count). The van der Waals surface area contributed by atoms with Crippen LogP contribution in [-0.4, -0.2) is 63.6 Å². The number of hydrogen-bond donors (Lipinski definition) is 2. The molecule has 1 aliphatic heterocycles. The van der Waals surface area contributed by atoms with Gasteiger partial charge in [-0.25, -0.2) is 4.79 Å². The van der Waals surface area contributed by atoms with Crippen molar-refractivity contribution in [1.82, 2.24) is 0 Å². The second-order valence-electron chi connectivity index (χ2n) is 25.8. The van der Waals surface area contributed by atoms with Crippen molar-refractivity contribution < 1.29 is 48.3 Å². The highest BCUT2D eigenvalue weighted by Crippen LogP contribution is 2.61. The van der Waals surface area contributed by atoms with Crippen LogP contribution in [0.4, 0.5) is 0 Å². The number of carbonyl (C=O) groups excluding carboxylic acids is 4. The number of aliphatic hydroxyl groups is 1. The van der Waals surface area contributed by atoms with Gasteiger partial charge in [-0.05, 0) is 215 Å². The molecule has 0 amide bonds. The molecule has 10 heteroatoms. The molecule has 5 atom stereocenters. The Labute approximate surface area is 514 Å². The zero-order chi connectivity index (χ0) is 54.2. The molecule has 0 radical (unpaired) electrons. The second kappa shape index (κ2) is 37.6. The second-order valence-corrected chi connectivity index (χ2v) is 25.8. The number of ether oxygens (including phenoxy) is 4. The minimum atomic E-state index is -0.687. The van der Waals surface area contributed by atoms with E-state index in [0.29, 0.717) is 67.1 Å². The van der Waals surface area contributed by atoms with Gasteiger partial charge in [0.05, 0.1) is 28.5 Å². The van der Waals surface area contributed by atoms with Gasteiger partial charge in [-0.3, -0.25) is 14.4 Å². The molecule has 83 heavy (non-hydrogen) atoms. The Morgan fingerprint density at radius 2 is 0.952 bits per heavy atom. The zero-order valence-corrected chi connectivity index (χ0v) is 47.8. The molecule has 9 fully saturated rings. The third kappa shape index (κ3) is 23.4. The summed E-state index contributed by atoms with van der Waals surface area (Å²) < 4.78 is 21.9. The molecule has 490 valence electrons. The first-order valence-corrected chi connectivity index (χ1v) is 28.6. The topological polar surface area (TPSA) is 146 Å². The maximum absolute atomic E-state index is 12.5. The van der Waals surface area contributed by atoms with Crippen molar-refractivity contribution in [3.05, 3.63) is 65.7 Å². The summed E-state index contributed by atoms with van der Waals surface area (Å²) in [5.74, 6) is 5.05. The van der Waals surface area contributed by atoms with Crippen molar-refractivity contribution in [3.63, 3.8) is 0 Å². The molecule has 1 heterocycles. The maximum atomic E-state index is 12.5. The predicted octanol–water partition coefficient (Wildman–Crippen LogP) is 21.0. The number of benzene rings is 2. The first kappa shape index (κ1) is 90.3. The van der Waals surface area contributed by atoms with E-state index in [2.05, 4.69) is 71.9 Å². The molecular weight excluding hydrogens is 1040 g/mol. The van der Waals surface area contributed by atoms with Gasteiger partial charge < -0.3 is 29.2 Å². The smallest absolute Gasteiger partial charge is 0.347 e. The number of aromatic hydroxyl groups is 1. The van der Waals surface area contributed by atoms with Crippen LogP contribution in [0, 0.1) is 51.8 Å². The van der Waals surface area contributed by atoms with Crippen molar-refractivity contribution in [2.24, 2.45) is 51.8 Å². The van der Waals surface area contributed by atoms with E-state index in [1.165, 1.54) is 56.1 Å². The highest BCUT2D eigenvalue weighted by molar-refractivity contribution is 5.82. The third-order valence-corrected chi connectivity index (χ3v) is 18.9. The maximum Gasteiger partial charge on any atom is 0.347 e. The predicted molar refractivity (Wildman–Crippen MR) is 357 cm³/mol. The van der Waals surface area contributed by atoms with Gasteiger partial charge in [0.1, 0.15) is 17.0 Å². The average Bonchev–Trinajstić information content (AvgIpc) is 3.76. The van der Waals surface area contributed by atoms with E-state index in [9.17, 15) is 24.3 Å². The lowest BCUT2D eigenvalue weighted by molar-refractivity contribution is -0.225. The standard InChI is InChI=1S/C17H28O2.C16H26O3.C10H16O4.C10H14O.C10H14.10CH4/c1-5-16(2,3)15(18)19-17(4)13-7-11-6-12(9-13)10-14(17)8-11;1-4-14(2,3)13(17)19-16-8-11-5-12(9-16)7-15(18,6-11)10-16;1-4-10(2,3)9(12)14-7-5-6-13-8(7)11;1-3-8(2)9-4-6-10(11)7-5-9;1-3-9(2)10-7-5-4-6-8-10;;;;;;;;;;/h11-14H,5-10H2,1-4H3;11-12,18H,4-10H2,1-3H3;7H,4-6H2,1-3H3;4-8,11H,3H2,1-2H3;4-9H,3H2,1-2H3;10*1H4. The Kier molecular flexibility index (Phi) is 40.9. The van der Waals surface area contributed by atoms with Crippen molar-refractivity contribution in [2.45, 2.75) is 315 Å². The third-order valence-electron chi connectivity index (χ3n) is 18.9. The lowest BCUT2D eigenvalue weighted by atomic mass is 9.50. The fourth-order valence-electron chi connectivity index (χ4n) is 12.6. The van der Waals surface area contributed by atoms with Crippen LogP contribution < -0.4 is 0 Å². The van der Waals surface area contributed by atoms with E-state index < -0.39 is 28.5 Å². The van der Waals surface area contributed by atoms with Crippen molar-refractivity contribution in [3.8, 4) is 5.75 Å². The number of rotatable bonds is 13. The number of carbonyl (C=O) groups is 4. The lowest BCUT2D eigenvalue weighted by Crippen LogP contribution is -2.61. The van der Waals surface area contributed by atoms with Gasteiger partial charge in [-0.1, -0.05) is 165 Å². The van der Waals surface area contributed by atoms with E-state index in [1.54, 1.807) is 26.0 Å². The summed E-state index contributed by atoms with van der Waals surface area (Å²) in [6.45, 7) is 28.9. The SMILES string of the molecule is C.C.C.C.C.C.C.C.C.C.CCC(C)(C)C(=O)OC1(C)C2CC3CC(C2)CC1C3.CCC(C)(C)C(=O)OC12CC3CC(CC(O)(C3)C1)C2.CCC(C)(C)C(=O)OC1CCOC1=O.CCC(C)c1ccc(O)cc1.CCC(C)c1ccccc1. The molecule has 10 nitrogen and oxygen atoms in total. The largest absolute Gasteiger partial charge is 0.508 e. The summed E-state index contributed by atoms with van der Waals surface area (Å²) >= 11 is 0. The number of phenols is 1. The average molecular weight is 1180 g/mol. The summed E-state index contributed by atoms with van der Waals surface area (Å²) in [7, 11) is 0. The first-order chi connectivity index (χ1) is 34.2. The zero-order valence-electron chi connectivity index (χ0n) is 47.8. The van der Waals surface area contributed by atoms with Crippen molar-refractivity contribution in [2.75, 3.05) is 6.61 Å². The molecule has 1 saturated heterocycles. The van der Waals surface area contributed by atoms with Gasteiger partial charge in [0.15, 0.2) is 0 Å². The van der Waals surface area contributed by atoms with Crippen LogP contribution in [0.25, 0.3) is 0 Å². The van der Waals surface area contributed by atoms with E-state index in [0.717, 1.165) is 56.8 Å². The minimum Gasteiger partial charge on any atom is -0.508 e. The van der Waals surface area contributed by atoms with Crippen LogP contribution >= 0.6 is 0 Å². The summed E-state index contributed by atoms with van der Waals surface area (Å²) in [6.07, 6.45) is 16.8. The Morgan fingerprint density at radius 1 is 0.566 bits per heavy atom. The van der Waals surface area contributed by atoms with E-state index in [-0.39, 0.29) is 109 Å². The Morgan fingerprint density at radius 3 is 1.33 bits per heavy atom. The quantitative estimate of drug-likeness (QED) is 0.147. The van der Waals surface area contributed by atoms with Crippen molar-refractivity contribution >= 4 is 23.9 Å². The molecule has 2 N–H and O–H groups in total. The van der Waals surface area contributed by atoms with Crippen LogP contribution in [0.15, 0.2) is 54.6 Å². The lowest BCUT2D eigenvalue weighted by Gasteiger charge is -2.59. The van der Waals surface area contributed by atoms with E-state index >= 15 is 0 Å². The summed E-state index contributed by atoms with van der Waals surface area (Å²) in [6, 6.07) is 18.1. The molecule has 2 aromatic carbocycles. The number of hydrogen-bond acceptors (Lipinski definition) is 10. The molecule has 9 aliphatic rings. The normalized spacial score (nSPS) is 27.3. The fourth-order valence-corrected chi connectivity index (χ4v) is 12.6. The van der Waals surface area contributed by atoms with E-state index in [4.69, 9.17) is 24.1 Å². The summed E-state index contributed by atoms with van der Waals surface area (Å²) in [5.41, 5.74) is 0.391. The number of cyclic esters (lactones) is 1. The van der Waals surface area contributed by atoms with Gasteiger partial charge in [-0.2, -0.15) is 0 Å². The molecular formula is C73H138O10. The van der Waals surface area contributed by atoms with Crippen LogP contribution in [-0.2, 0) is 38.1 Å². The minimum absolute atomic E-state index is 0. The molecule has 8 saturated carbocycles. The van der Waals surface area contributed by atoms with E-state index in [1.807, 2.05) is 53.7 Å². The van der Waals surface area contributed by atoms with Gasteiger partial charge in [0, 0.05) is 12.8 Å². The first-order valence-electron chi connectivity index (χ1n) is 28.6. The van der Waals surface area contributed by atoms with Crippen molar-refractivity contribution in [1.29, 1.82) is 0 Å². The van der Waals surface area contributed by atoms with Crippen LogP contribution in [0.5, 0.6) is 5.75 Å². The Bertz CT molecular complexity index is 2060. The Hall–Kier alpha value is -3.92. The van der Waals surface area contributed by atoms with Gasteiger partial charge >= 0.3 is 23.9 Å². The molecule has 0 aromatic heterocycles. The fraction of sp³-hybridized carbons (Fsp3) is 0.781. The van der Waals surface area contributed by atoms with Crippen LogP contribution in [0.2, 0.25) is 0 Å². The molecule has 0 spiro atoms. The monoisotopic (exact) mass is 1180 g/mol. The van der Waals surface area contributed by atoms with Crippen LogP contribution in [0.1, 0.15) is 303 Å². The van der Waals surface area contributed by atoms with Gasteiger partial charge in [0.2, 0.25) is 6.10 Å². The van der Waals surface area contributed by atoms with Gasteiger partial charge in [0.25, 0.3) is 0 Å². The number of esters is 4. The summed E-state index contributed by atoms with van der Waals surface area (Å²) in [4.78, 5) is 47.4. The van der Waals surface area contributed by atoms with Crippen LogP contribution in [0.3, 0.4) is 0 Å².